The second-order valence-electron chi connectivity index (χ2n) is 7.71. The van der Waals surface area contributed by atoms with Gasteiger partial charge in [-0.05, 0) is 62.9 Å². The third-order valence-electron chi connectivity index (χ3n) is 6.31. The van der Waals surface area contributed by atoms with Crippen molar-refractivity contribution in [1.29, 1.82) is 0 Å². The Balaban J connectivity index is 1.61. The van der Waals surface area contributed by atoms with Gasteiger partial charge in [-0.25, -0.2) is 0 Å². The molecule has 1 N–H and O–H groups in total. The van der Waals surface area contributed by atoms with Crippen LogP contribution >= 0.6 is 0 Å². The maximum Gasteiger partial charge on any atom is 0.0124 e. The van der Waals surface area contributed by atoms with Gasteiger partial charge in [-0.15, -0.1) is 0 Å². The maximum absolute atomic E-state index is 3.66. The van der Waals surface area contributed by atoms with Gasteiger partial charge in [0.15, 0.2) is 0 Å². The van der Waals surface area contributed by atoms with E-state index in [2.05, 4.69) is 17.1 Å². The average Bonchev–Trinajstić information content (AvgIpc) is 3.18. The molecule has 2 aliphatic carbocycles. The number of rotatable bonds is 6. The summed E-state index contributed by atoms with van der Waals surface area (Å²) in [6, 6.07) is 0.941. The normalized spacial score (nSPS) is 31.4. The summed E-state index contributed by atoms with van der Waals surface area (Å²) in [6.07, 6.45) is 14.8. The molecule has 1 saturated heterocycles. The Bertz CT molecular complexity index is 290. The minimum atomic E-state index is 0.608. The zero-order chi connectivity index (χ0) is 13.8. The first-order chi connectivity index (χ1) is 9.83. The van der Waals surface area contributed by atoms with Gasteiger partial charge in [0.1, 0.15) is 0 Å². The second kappa shape index (κ2) is 6.79. The molecular formula is C18H34N2. The summed E-state index contributed by atoms with van der Waals surface area (Å²) in [7, 11) is 0. The molecule has 3 fully saturated rings. The summed E-state index contributed by atoms with van der Waals surface area (Å²) in [5.74, 6) is 1.04. The lowest BCUT2D eigenvalue weighted by Crippen LogP contribution is -2.46. The van der Waals surface area contributed by atoms with Crippen molar-refractivity contribution in [1.82, 2.24) is 10.2 Å². The summed E-state index contributed by atoms with van der Waals surface area (Å²) in [5.41, 5.74) is 0.608. The van der Waals surface area contributed by atoms with Gasteiger partial charge < -0.3 is 5.32 Å². The van der Waals surface area contributed by atoms with E-state index >= 15 is 0 Å². The van der Waals surface area contributed by atoms with Crippen molar-refractivity contribution in [3.05, 3.63) is 0 Å². The van der Waals surface area contributed by atoms with E-state index in [4.69, 9.17) is 0 Å². The van der Waals surface area contributed by atoms with E-state index in [-0.39, 0.29) is 0 Å². The summed E-state index contributed by atoms with van der Waals surface area (Å²) < 4.78 is 0. The highest BCUT2D eigenvalue weighted by Gasteiger charge is 2.40. The minimum Gasteiger partial charge on any atom is -0.316 e. The van der Waals surface area contributed by atoms with Crippen LogP contribution in [0, 0.1) is 11.3 Å². The first kappa shape index (κ1) is 14.8. The van der Waals surface area contributed by atoms with Crippen molar-refractivity contribution in [2.45, 2.75) is 77.2 Å². The fourth-order valence-corrected chi connectivity index (χ4v) is 5.26. The van der Waals surface area contributed by atoms with Crippen molar-refractivity contribution in [3.8, 4) is 0 Å². The molecule has 2 saturated carbocycles. The van der Waals surface area contributed by atoms with Crippen molar-refractivity contribution < 1.29 is 0 Å². The van der Waals surface area contributed by atoms with Gasteiger partial charge in [-0.3, -0.25) is 4.90 Å². The highest BCUT2D eigenvalue weighted by Crippen LogP contribution is 2.42. The molecule has 0 amide bonds. The largest absolute Gasteiger partial charge is 0.316 e. The molecule has 0 bridgehead atoms. The Morgan fingerprint density at radius 3 is 2.45 bits per heavy atom. The molecule has 2 nitrogen and oxygen atoms in total. The lowest BCUT2D eigenvalue weighted by molar-refractivity contribution is 0.111. The summed E-state index contributed by atoms with van der Waals surface area (Å²) in [5, 5.41) is 3.66. The molecule has 1 heterocycles. The second-order valence-corrected chi connectivity index (χ2v) is 7.71. The molecule has 0 aromatic carbocycles. The van der Waals surface area contributed by atoms with E-state index < -0.39 is 0 Å². The van der Waals surface area contributed by atoms with Crippen LogP contribution in [0.3, 0.4) is 0 Å². The van der Waals surface area contributed by atoms with E-state index in [0.717, 1.165) is 18.5 Å². The zero-order valence-electron chi connectivity index (χ0n) is 13.5. The van der Waals surface area contributed by atoms with Crippen LogP contribution < -0.4 is 5.32 Å². The van der Waals surface area contributed by atoms with Gasteiger partial charge in [-0.2, -0.15) is 0 Å². The van der Waals surface area contributed by atoms with E-state index in [1.165, 1.54) is 83.8 Å². The number of hydrogen-bond donors (Lipinski definition) is 1. The zero-order valence-corrected chi connectivity index (χ0v) is 13.5. The Labute approximate surface area is 125 Å². The van der Waals surface area contributed by atoms with Gasteiger partial charge in [0.25, 0.3) is 0 Å². The smallest absolute Gasteiger partial charge is 0.0124 e. The third-order valence-corrected chi connectivity index (χ3v) is 6.31. The molecule has 0 radical (unpaired) electrons. The SMILES string of the molecule is CCNCC1(CN2CCCC2C2CCCC2)CCCC1. The van der Waals surface area contributed by atoms with Crippen LogP contribution in [-0.2, 0) is 0 Å². The number of likely N-dealkylation sites (tertiary alicyclic amines) is 1. The van der Waals surface area contributed by atoms with E-state index in [1.807, 2.05) is 0 Å². The summed E-state index contributed by atoms with van der Waals surface area (Å²) in [6.45, 7) is 7.42. The van der Waals surface area contributed by atoms with Crippen LogP contribution in [0.4, 0.5) is 0 Å². The molecule has 3 rings (SSSR count). The Morgan fingerprint density at radius 1 is 1.00 bits per heavy atom. The topological polar surface area (TPSA) is 15.3 Å². The molecule has 0 aromatic rings. The quantitative estimate of drug-likeness (QED) is 0.795. The molecule has 2 heteroatoms. The predicted molar refractivity (Wildman–Crippen MR) is 86.0 cm³/mol. The van der Waals surface area contributed by atoms with Crippen molar-refractivity contribution in [3.63, 3.8) is 0 Å². The lowest BCUT2D eigenvalue weighted by atomic mass is 9.84. The number of hydrogen-bond acceptors (Lipinski definition) is 2. The number of nitrogens with one attached hydrogen (secondary N) is 1. The Morgan fingerprint density at radius 2 is 1.75 bits per heavy atom. The minimum absolute atomic E-state index is 0.608. The molecule has 20 heavy (non-hydrogen) atoms. The van der Waals surface area contributed by atoms with Crippen LogP contribution in [0.5, 0.6) is 0 Å². The van der Waals surface area contributed by atoms with Gasteiger partial charge in [-0.1, -0.05) is 32.6 Å². The van der Waals surface area contributed by atoms with Crippen molar-refractivity contribution in [2.24, 2.45) is 11.3 Å². The first-order valence-electron chi connectivity index (χ1n) is 9.28. The van der Waals surface area contributed by atoms with E-state index in [9.17, 15) is 0 Å². The average molecular weight is 278 g/mol. The van der Waals surface area contributed by atoms with Gasteiger partial charge in [0.2, 0.25) is 0 Å². The van der Waals surface area contributed by atoms with Gasteiger partial charge >= 0.3 is 0 Å². The van der Waals surface area contributed by atoms with Gasteiger partial charge in [0.05, 0.1) is 0 Å². The molecule has 1 unspecified atom stereocenters. The van der Waals surface area contributed by atoms with Crippen LogP contribution in [0.2, 0.25) is 0 Å². The fourth-order valence-electron chi connectivity index (χ4n) is 5.26. The highest BCUT2D eigenvalue weighted by molar-refractivity contribution is 4.94. The standard InChI is InChI=1S/C18H34N2/c1-2-19-14-18(11-5-6-12-18)15-20-13-7-10-17(20)16-8-3-4-9-16/h16-17,19H,2-15H2,1H3. The Kier molecular flexibility index (Phi) is 5.04. The first-order valence-corrected chi connectivity index (χ1v) is 9.28. The molecule has 1 aliphatic heterocycles. The molecule has 0 aromatic heterocycles. The van der Waals surface area contributed by atoms with Gasteiger partial charge in [0, 0.05) is 19.1 Å². The molecule has 3 aliphatic rings. The fraction of sp³-hybridized carbons (Fsp3) is 1.00. The van der Waals surface area contributed by atoms with Crippen LogP contribution in [0.1, 0.15) is 71.1 Å². The van der Waals surface area contributed by atoms with Crippen LogP contribution in [0.15, 0.2) is 0 Å². The molecular weight excluding hydrogens is 244 g/mol. The third kappa shape index (κ3) is 3.22. The van der Waals surface area contributed by atoms with Crippen LogP contribution in [0.25, 0.3) is 0 Å². The highest BCUT2D eigenvalue weighted by atomic mass is 15.2. The monoisotopic (exact) mass is 278 g/mol. The van der Waals surface area contributed by atoms with E-state index in [1.54, 1.807) is 0 Å². The van der Waals surface area contributed by atoms with Crippen molar-refractivity contribution >= 4 is 0 Å². The lowest BCUT2D eigenvalue weighted by Gasteiger charge is -2.38. The maximum atomic E-state index is 3.66. The van der Waals surface area contributed by atoms with Crippen LogP contribution in [-0.4, -0.2) is 37.1 Å². The predicted octanol–water partition coefficient (Wildman–Crippen LogP) is 3.81. The molecule has 0 spiro atoms. The molecule has 116 valence electrons. The molecule has 1 atom stereocenters. The summed E-state index contributed by atoms with van der Waals surface area (Å²) >= 11 is 0. The number of nitrogens with zero attached hydrogens (tertiary/aromatic N) is 1. The summed E-state index contributed by atoms with van der Waals surface area (Å²) in [4.78, 5) is 2.92. The van der Waals surface area contributed by atoms with E-state index in [0.29, 0.717) is 5.41 Å². The Hall–Kier alpha value is -0.0800. The van der Waals surface area contributed by atoms with Crippen molar-refractivity contribution in [2.75, 3.05) is 26.2 Å².